The van der Waals surface area contributed by atoms with Crippen molar-refractivity contribution in [3.8, 4) is 0 Å². The summed E-state index contributed by atoms with van der Waals surface area (Å²) in [6.45, 7) is 0. The fraction of sp³-hybridized carbons (Fsp3) is 0. The van der Waals surface area contributed by atoms with E-state index >= 15 is 0 Å². The zero-order valence-corrected chi connectivity index (χ0v) is 6.31. The Labute approximate surface area is 63.4 Å². The molecule has 0 heterocycles. The van der Waals surface area contributed by atoms with Gasteiger partial charge in [-0.3, -0.25) is 0 Å². The van der Waals surface area contributed by atoms with Crippen LogP contribution in [-0.2, 0) is 17.0 Å². The molecule has 0 atom stereocenters. The van der Waals surface area contributed by atoms with E-state index in [2.05, 4.69) is 17.0 Å². The summed E-state index contributed by atoms with van der Waals surface area (Å²) >= 11 is 2.32. The SMILES string of the molecule is N[C](=[V])c1ccccc1. The minimum absolute atomic E-state index is 0.808. The number of nitrogens with two attached hydrogens (primary N) is 1. The first-order chi connectivity index (χ1) is 4.30. The van der Waals surface area contributed by atoms with E-state index in [1.807, 2.05) is 30.3 Å². The van der Waals surface area contributed by atoms with Crippen LogP contribution in [0.1, 0.15) is 5.56 Å². The Morgan fingerprint density at radius 1 is 1.22 bits per heavy atom. The summed E-state index contributed by atoms with van der Waals surface area (Å²) in [5.41, 5.74) is 6.58. The van der Waals surface area contributed by atoms with E-state index in [0.717, 1.165) is 9.91 Å². The normalized spacial score (nSPS) is 8.89. The Kier molecular flexibility index (Phi) is 2.23. The van der Waals surface area contributed by atoms with E-state index < -0.39 is 0 Å². The van der Waals surface area contributed by atoms with Crippen molar-refractivity contribution in [3.05, 3.63) is 35.9 Å². The average molecular weight is 156 g/mol. The van der Waals surface area contributed by atoms with Crippen molar-refractivity contribution < 1.29 is 17.0 Å². The predicted molar refractivity (Wildman–Crippen MR) is 34.7 cm³/mol. The van der Waals surface area contributed by atoms with Gasteiger partial charge < -0.3 is 0 Å². The van der Waals surface area contributed by atoms with Crippen molar-refractivity contribution in [2.24, 2.45) is 5.73 Å². The summed E-state index contributed by atoms with van der Waals surface area (Å²) in [6.07, 6.45) is 0. The maximum atomic E-state index is 5.50. The predicted octanol–water partition coefficient (Wildman–Crippen LogP) is 0.670. The van der Waals surface area contributed by atoms with Crippen molar-refractivity contribution in [3.63, 3.8) is 0 Å². The van der Waals surface area contributed by atoms with Crippen LogP contribution in [0.15, 0.2) is 30.3 Å². The van der Waals surface area contributed by atoms with Crippen LogP contribution in [0.4, 0.5) is 0 Å². The first-order valence-electron chi connectivity index (χ1n) is 2.67. The van der Waals surface area contributed by atoms with E-state index in [0.29, 0.717) is 0 Å². The van der Waals surface area contributed by atoms with Crippen molar-refractivity contribution in [2.75, 3.05) is 0 Å². The van der Waals surface area contributed by atoms with Crippen molar-refractivity contribution in [1.29, 1.82) is 0 Å². The maximum absolute atomic E-state index is 5.50. The van der Waals surface area contributed by atoms with Gasteiger partial charge in [0.15, 0.2) is 0 Å². The van der Waals surface area contributed by atoms with E-state index in [4.69, 9.17) is 5.73 Å². The molecule has 0 aliphatic rings. The Morgan fingerprint density at radius 3 is 2.11 bits per heavy atom. The molecule has 0 bridgehead atoms. The van der Waals surface area contributed by atoms with Gasteiger partial charge in [-0.05, 0) is 0 Å². The third kappa shape index (κ3) is 1.79. The third-order valence-corrected chi connectivity index (χ3v) is 1.47. The second-order valence-corrected chi connectivity index (χ2v) is 2.50. The molecule has 1 nitrogen and oxygen atoms in total. The van der Waals surface area contributed by atoms with Crippen molar-refractivity contribution >= 4 is 4.35 Å². The van der Waals surface area contributed by atoms with Gasteiger partial charge in [0.1, 0.15) is 0 Å². The molecular formula is C7H7NV. The molecule has 0 aliphatic heterocycles. The van der Waals surface area contributed by atoms with Crippen LogP contribution in [-0.4, -0.2) is 4.35 Å². The molecule has 45 valence electrons. The monoisotopic (exact) mass is 156 g/mol. The molecular weight excluding hydrogens is 149 g/mol. The molecule has 0 radical (unpaired) electrons. The summed E-state index contributed by atoms with van der Waals surface area (Å²) in [5, 5.41) is 0. The van der Waals surface area contributed by atoms with Gasteiger partial charge in [-0.1, -0.05) is 0 Å². The van der Waals surface area contributed by atoms with Gasteiger partial charge in [-0.25, -0.2) is 0 Å². The van der Waals surface area contributed by atoms with Gasteiger partial charge >= 0.3 is 63.0 Å². The van der Waals surface area contributed by atoms with E-state index in [1.54, 1.807) is 0 Å². The average Bonchev–Trinajstić information content (AvgIpc) is 1.90. The molecule has 0 amide bonds. The zero-order chi connectivity index (χ0) is 6.69. The number of hydrogen-bond acceptors (Lipinski definition) is 1. The molecule has 0 fully saturated rings. The second-order valence-electron chi connectivity index (χ2n) is 1.75. The number of benzene rings is 1. The molecule has 2 heteroatoms. The van der Waals surface area contributed by atoms with Gasteiger partial charge in [0.05, 0.1) is 0 Å². The summed E-state index contributed by atoms with van der Waals surface area (Å²) in [5.74, 6) is 0. The van der Waals surface area contributed by atoms with Crippen LogP contribution < -0.4 is 5.73 Å². The Hall–Kier alpha value is -0.366. The summed E-state index contributed by atoms with van der Waals surface area (Å²) in [7, 11) is 0. The fourth-order valence-corrected chi connectivity index (χ4v) is 0.842. The first kappa shape index (κ1) is 6.75. The summed E-state index contributed by atoms with van der Waals surface area (Å²) < 4.78 is 0.808. The van der Waals surface area contributed by atoms with E-state index in [1.165, 1.54) is 0 Å². The van der Waals surface area contributed by atoms with Crippen molar-refractivity contribution in [1.82, 2.24) is 0 Å². The van der Waals surface area contributed by atoms with E-state index in [-0.39, 0.29) is 0 Å². The van der Waals surface area contributed by atoms with E-state index in [9.17, 15) is 0 Å². The summed E-state index contributed by atoms with van der Waals surface area (Å²) in [6, 6.07) is 9.87. The molecule has 2 N–H and O–H groups in total. The molecule has 1 rings (SSSR count). The van der Waals surface area contributed by atoms with Crippen LogP contribution in [0, 0.1) is 0 Å². The standard InChI is InChI=1S/C7H7N.V/c8-6-7-4-2-1-3-5-7;/h1-5H,8H2;. The summed E-state index contributed by atoms with van der Waals surface area (Å²) in [4.78, 5) is 0. The zero-order valence-electron chi connectivity index (χ0n) is 4.91. The first-order valence-corrected chi connectivity index (χ1v) is 3.37. The van der Waals surface area contributed by atoms with Gasteiger partial charge in [-0.15, -0.1) is 0 Å². The number of hydrogen-bond donors (Lipinski definition) is 1. The van der Waals surface area contributed by atoms with Crippen LogP contribution in [0.2, 0.25) is 0 Å². The third-order valence-electron chi connectivity index (χ3n) is 1.07. The van der Waals surface area contributed by atoms with Gasteiger partial charge in [-0.2, -0.15) is 0 Å². The Bertz CT molecular complexity index is 205. The minimum atomic E-state index is 0.808. The van der Waals surface area contributed by atoms with Crippen molar-refractivity contribution in [2.45, 2.75) is 0 Å². The molecule has 0 saturated carbocycles. The van der Waals surface area contributed by atoms with Gasteiger partial charge in [0, 0.05) is 0 Å². The molecule has 0 aliphatic carbocycles. The molecule has 1 aromatic rings. The van der Waals surface area contributed by atoms with Gasteiger partial charge in [0.25, 0.3) is 0 Å². The second kappa shape index (κ2) is 2.97. The Morgan fingerprint density at radius 2 is 1.78 bits per heavy atom. The molecule has 0 unspecified atom stereocenters. The fourth-order valence-electron chi connectivity index (χ4n) is 0.609. The van der Waals surface area contributed by atoms with Gasteiger partial charge in [0.2, 0.25) is 0 Å². The number of rotatable bonds is 1. The van der Waals surface area contributed by atoms with Crippen LogP contribution in [0.3, 0.4) is 0 Å². The molecule has 1 aromatic carbocycles. The molecule has 9 heavy (non-hydrogen) atoms. The quantitative estimate of drug-likeness (QED) is 0.635. The van der Waals surface area contributed by atoms with Crippen LogP contribution >= 0.6 is 0 Å². The molecule has 0 saturated heterocycles. The topological polar surface area (TPSA) is 26.0 Å². The Balaban J connectivity index is 2.98. The molecule has 0 spiro atoms. The van der Waals surface area contributed by atoms with Crippen LogP contribution in [0.5, 0.6) is 0 Å². The van der Waals surface area contributed by atoms with Crippen LogP contribution in [0.25, 0.3) is 0 Å². The molecule has 0 aromatic heterocycles.